The number of nitrogens with two attached hydrogens (primary N) is 2. The van der Waals surface area contributed by atoms with E-state index < -0.39 is 54.0 Å². The molecule has 1 saturated heterocycles. The van der Waals surface area contributed by atoms with E-state index in [0.717, 1.165) is 0 Å². The molecule has 0 aliphatic carbocycles. The summed E-state index contributed by atoms with van der Waals surface area (Å²) >= 11 is 0. The fraction of sp³-hybridized carbons (Fsp3) is 0.810. The van der Waals surface area contributed by atoms with Gasteiger partial charge < -0.3 is 37.2 Å². The zero-order valence-electron chi connectivity index (χ0n) is 19.3. The Kier molecular flexibility index (Phi) is 11.6. The van der Waals surface area contributed by atoms with E-state index in [2.05, 4.69) is 10.6 Å². The first-order chi connectivity index (χ1) is 15.0. The molecule has 3 amide bonds. The molecule has 32 heavy (non-hydrogen) atoms. The van der Waals surface area contributed by atoms with Crippen LogP contribution in [0.4, 0.5) is 0 Å². The third-order valence-corrected chi connectivity index (χ3v) is 5.55. The molecule has 1 fully saturated rings. The van der Waals surface area contributed by atoms with Crippen molar-refractivity contribution in [3.05, 3.63) is 0 Å². The van der Waals surface area contributed by atoms with Crippen LogP contribution < -0.4 is 22.1 Å². The number of nitrogens with zero attached hydrogens (tertiary/aromatic N) is 1. The standard InChI is InChI=1S/C21H39N5O6/c1-12(2)11-15(21(31)32)24-19(29)16-8-6-10-26(16)20(30)14(7-4-5-9-22)18(28)25-17(23)13(3)27/h12-17,27H,4-11,22-23H2,1-3H3,(H,24,29)(H,25,28)(H,31,32)/t13?,14?,15-,16-,17+/m0/s1. The number of carbonyl (C=O) groups excluding carboxylic acids is 3. The average molecular weight is 458 g/mol. The van der Waals surface area contributed by atoms with Gasteiger partial charge >= 0.3 is 5.97 Å². The van der Waals surface area contributed by atoms with Gasteiger partial charge in [0.05, 0.1) is 6.10 Å². The summed E-state index contributed by atoms with van der Waals surface area (Å²) < 4.78 is 0. The second-order valence-electron chi connectivity index (χ2n) is 8.83. The minimum absolute atomic E-state index is 0.0615. The number of hydrogen-bond acceptors (Lipinski definition) is 7. The van der Waals surface area contributed by atoms with Gasteiger partial charge in [-0.15, -0.1) is 0 Å². The van der Waals surface area contributed by atoms with Crippen LogP contribution in [0.15, 0.2) is 0 Å². The second-order valence-corrected chi connectivity index (χ2v) is 8.83. The van der Waals surface area contributed by atoms with Crippen LogP contribution in [-0.4, -0.2) is 76.2 Å². The lowest BCUT2D eigenvalue weighted by molar-refractivity contribution is -0.147. The molecule has 0 spiro atoms. The molecular formula is C21H39N5O6. The number of aliphatic hydroxyl groups excluding tert-OH is 1. The third-order valence-electron chi connectivity index (χ3n) is 5.55. The molecule has 1 aliphatic rings. The Balaban J connectivity index is 2.97. The first kappa shape index (κ1) is 27.8. The predicted octanol–water partition coefficient (Wildman–Crippen LogP) is -0.880. The molecule has 184 valence electrons. The highest BCUT2D eigenvalue weighted by atomic mass is 16.4. The van der Waals surface area contributed by atoms with Gasteiger partial charge in [0, 0.05) is 6.54 Å². The van der Waals surface area contributed by atoms with E-state index in [1.165, 1.54) is 11.8 Å². The van der Waals surface area contributed by atoms with Gasteiger partial charge in [0.15, 0.2) is 0 Å². The molecule has 0 aromatic rings. The Morgan fingerprint density at radius 1 is 1.12 bits per heavy atom. The normalized spacial score (nSPS) is 19.8. The number of carbonyl (C=O) groups is 4. The highest BCUT2D eigenvalue weighted by Gasteiger charge is 2.40. The SMILES string of the molecule is CC(C)C[C@H](NC(=O)[C@@H]1CCCN1C(=O)C(CCCCN)C(=O)N[C@@H](N)C(C)O)C(=O)O. The van der Waals surface area contributed by atoms with Crippen molar-refractivity contribution in [2.24, 2.45) is 23.3 Å². The minimum Gasteiger partial charge on any atom is -0.480 e. The number of hydrogen-bond donors (Lipinski definition) is 6. The van der Waals surface area contributed by atoms with Gasteiger partial charge in [0.1, 0.15) is 24.2 Å². The Hall–Kier alpha value is -2.24. The molecule has 1 aliphatic heterocycles. The molecule has 0 saturated carbocycles. The van der Waals surface area contributed by atoms with Crippen LogP contribution in [0, 0.1) is 11.8 Å². The predicted molar refractivity (Wildman–Crippen MR) is 118 cm³/mol. The van der Waals surface area contributed by atoms with E-state index in [-0.39, 0.29) is 18.8 Å². The van der Waals surface area contributed by atoms with Gasteiger partial charge in [-0.2, -0.15) is 0 Å². The molecule has 2 unspecified atom stereocenters. The van der Waals surface area contributed by atoms with Gasteiger partial charge in [0.2, 0.25) is 17.7 Å². The minimum atomic E-state index is -1.13. The molecule has 0 aromatic carbocycles. The van der Waals surface area contributed by atoms with Crippen molar-refractivity contribution in [1.29, 1.82) is 0 Å². The lowest BCUT2D eigenvalue weighted by Gasteiger charge is -2.29. The quantitative estimate of drug-likeness (QED) is 0.117. The van der Waals surface area contributed by atoms with Crippen molar-refractivity contribution in [1.82, 2.24) is 15.5 Å². The van der Waals surface area contributed by atoms with Gasteiger partial charge in [-0.25, -0.2) is 4.79 Å². The zero-order chi connectivity index (χ0) is 24.4. The summed E-state index contributed by atoms with van der Waals surface area (Å²) in [6.45, 7) is 5.85. The van der Waals surface area contributed by atoms with E-state index in [4.69, 9.17) is 11.5 Å². The van der Waals surface area contributed by atoms with Crippen LogP contribution in [0.2, 0.25) is 0 Å². The average Bonchev–Trinajstić information content (AvgIpc) is 3.19. The fourth-order valence-corrected chi connectivity index (χ4v) is 3.71. The molecule has 5 atom stereocenters. The summed E-state index contributed by atoms with van der Waals surface area (Å²) in [4.78, 5) is 51.7. The number of amides is 3. The summed E-state index contributed by atoms with van der Waals surface area (Å²) in [7, 11) is 0. The summed E-state index contributed by atoms with van der Waals surface area (Å²) in [5.74, 6) is -3.81. The first-order valence-electron chi connectivity index (χ1n) is 11.3. The second kappa shape index (κ2) is 13.3. The van der Waals surface area contributed by atoms with Crippen LogP contribution in [0.3, 0.4) is 0 Å². The van der Waals surface area contributed by atoms with Crippen LogP contribution in [-0.2, 0) is 19.2 Å². The van der Waals surface area contributed by atoms with Crippen molar-refractivity contribution in [2.75, 3.05) is 13.1 Å². The van der Waals surface area contributed by atoms with Crippen molar-refractivity contribution in [3.8, 4) is 0 Å². The van der Waals surface area contributed by atoms with Crippen molar-refractivity contribution < 1.29 is 29.4 Å². The number of nitrogens with one attached hydrogen (secondary N) is 2. The van der Waals surface area contributed by atoms with E-state index in [9.17, 15) is 29.4 Å². The Labute approximate surface area is 189 Å². The number of likely N-dealkylation sites (tertiary alicyclic amines) is 1. The lowest BCUT2D eigenvalue weighted by atomic mass is 9.98. The third kappa shape index (κ3) is 8.36. The van der Waals surface area contributed by atoms with E-state index in [1.54, 1.807) is 0 Å². The summed E-state index contributed by atoms with van der Waals surface area (Å²) in [5, 5.41) is 24.0. The highest BCUT2D eigenvalue weighted by molar-refractivity contribution is 6.02. The summed E-state index contributed by atoms with van der Waals surface area (Å²) in [5.41, 5.74) is 11.2. The van der Waals surface area contributed by atoms with Crippen molar-refractivity contribution in [3.63, 3.8) is 0 Å². The maximum absolute atomic E-state index is 13.3. The molecule has 0 bridgehead atoms. The molecular weight excluding hydrogens is 418 g/mol. The number of aliphatic hydroxyl groups is 1. The van der Waals surface area contributed by atoms with Crippen LogP contribution >= 0.6 is 0 Å². The van der Waals surface area contributed by atoms with Crippen LogP contribution in [0.1, 0.15) is 59.3 Å². The Morgan fingerprint density at radius 2 is 1.78 bits per heavy atom. The molecule has 0 aromatic heterocycles. The number of rotatable bonds is 13. The molecule has 0 radical (unpaired) electrons. The molecule has 1 heterocycles. The Bertz CT molecular complexity index is 657. The summed E-state index contributed by atoms with van der Waals surface area (Å²) in [6, 6.07) is -1.89. The number of unbranched alkanes of at least 4 members (excludes halogenated alkanes) is 1. The van der Waals surface area contributed by atoms with Crippen LogP contribution in [0.25, 0.3) is 0 Å². The number of carboxylic acid groups (broad SMARTS) is 1. The largest absolute Gasteiger partial charge is 0.480 e. The van der Waals surface area contributed by atoms with Crippen LogP contribution in [0.5, 0.6) is 0 Å². The van der Waals surface area contributed by atoms with Gasteiger partial charge in [-0.05, 0) is 51.5 Å². The molecule has 11 heteroatoms. The van der Waals surface area contributed by atoms with E-state index >= 15 is 0 Å². The maximum atomic E-state index is 13.3. The fourth-order valence-electron chi connectivity index (χ4n) is 3.71. The molecule has 8 N–H and O–H groups in total. The van der Waals surface area contributed by atoms with Crippen molar-refractivity contribution >= 4 is 23.7 Å². The monoisotopic (exact) mass is 457 g/mol. The van der Waals surface area contributed by atoms with E-state index in [1.807, 2.05) is 13.8 Å². The first-order valence-corrected chi connectivity index (χ1v) is 11.3. The van der Waals surface area contributed by atoms with Gasteiger partial charge in [-0.1, -0.05) is 20.3 Å². The zero-order valence-corrected chi connectivity index (χ0v) is 19.3. The molecule has 11 nitrogen and oxygen atoms in total. The molecule has 1 rings (SSSR count). The smallest absolute Gasteiger partial charge is 0.326 e. The lowest BCUT2D eigenvalue weighted by Crippen LogP contribution is -2.55. The van der Waals surface area contributed by atoms with E-state index in [0.29, 0.717) is 38.8 Å². The number of carboxylic acids is 1. The van der Waals surface area contributed by atoms with Gasteiger partial charge in [-0.3, -0.25) is 14.4 Å². The van der Waals surface area contributed by atoms with Crippen molar-refractivity contribution in [2.45, 2.75) is 83.6 Å². The highest BCUT2D eigenvalue weighted by Crippen LogP contribution is 2.23. The Morgan fingerprint density at radius 3 is 2.31 bits per heavy atom. The maximum Gasteiger partial charge on any atom is 0.326 e. The topological polar surface area (TPSA) is 188 Å². The summed E-state index contributed by atoms with van der Waals surface area (Å²) in [6.07, 6.45) is 0.568. The number of aliphatic carboxylic acids is 1. The van der Waals surface area contributed by atoms with Gasteiger partial charge in [0.25, 0.3) is 0 Å².